The fourth-order valence-corrected chi connectivity index (χ4v) is 5.11. The lowest BCUT2D eigenvalue weighted by atomic mass is 9.82. The van der Waals surface area contributed by atoms with Gasteiger partial charge in [0.1, 0.15) is 0 Å². The van der Waals surface area contributed by atoms with E-state index in [1.54, 1.807) is 5.56 Å². The number of benzene rings is 5. The molecular weight excluding hydrogens is 372 g/mol. The summed E-state index contributed by atoms with van der Waals surface area (Å²) in [7, 11) is 0. The normalized spacial score (nSPS) is 13.7. The van der Waals surface area contributed by atoms with Gasteiger partial charge in [0, 0.05) is 0 Å². The first kappa shape index (κ1) is 18.4. The molecule has 0 heteroatoms. The monoisotopic (exact) mass is 398 g/mol. The predicted molar refractivity (Wildman–Crippen MR) is 134 cm³/mol. The Labute approximate surface area is 184 Å². The summed E-state index contributed by atoms with van der Waals surface area (Å²) in [4.78, 5) is 0. The van der Waals surface area contributed by atoms with E-state index in [4.69, 9.17) is 0 Å². The SMILES string of the molecule is Cc1ccc(-c2cc3ccccc3c(-c3c(C)ccc4ccccc34)c2C2CC2)cc1. The van der Waals surface area contributed by atoms with Gasteiger partial charge in [0.2, 0.25) is 0 Å². The van der Waals surface area contributed by atoms with Gasteiger partial charge in [0.15, 0.2) is 0 Å². The molecule has 1 fully saturated rings. The molecule has 1 aliphatic rings. The zero-order valence-corrected chi connectivity index (χ0v) is 18.2. The lowest BCUT2D eigenvalue weighted by Gasteiger charge is -2.21. The summed E-state index contributed by atoms with van der Waals surface area (Å²) in [6.07, 6.45) is 2.57. The van der Waals surface area contributed by atoms with Gasteiger partial charge in [-0.1, -0.05) is 90.5 Å². The smallest absolute Gasteiger partial charge is 0.00554 e. The van der Waals surface area contributed by atoms with Crippen molar-refractivity contribution in [2.75, 3.05) is 0 Å². The zero-order chi connectivity index (χ0) is 20.9. The Hall–Kier alpha value is -3.38. The maximum atomic E-state index is 2.43. The quantitative estimate of drug-likeness (QED) is 0.285. The van der Waals surface area contributed by atoms with E-state index in [1.165, 1.54) is 67.8 Å². The summed E-state index contributed by atoms with van der Waals surface area (Å²) in [6, 6.07) is 33.8. The van der Waals surface area contributed by atoms with Gasteiger partial charge >= 0.3 is 0 Å². The largest absolute Gasteiger partial charge is 0.0616 e. The molecule has 0 unspecified atom stereocenters. The van der Waals surface area contributed by atoms with Crippen LogP contribution in [0.4, 0.5) is 0 Å². The van der Waals surface area contributed by atoms with E-state index in [0.29, 0.717) is 5.92 Å². The molecule has 1 aliphatic carbocycles. The highest BCUT2D eigenvalue weighted by Crippen LogP contribution is 2.52. The second-order valence-corrected chi connectivity index (χ2v) is 9.05. The zero-order valence-electron chi connectivity index (χ0n) is 18.2. The van der Waals surface area contributed by atoms with Crippen LogP contribution in [0.2, 0.25) is 0 Å². The third kappa shape index (κ3) is 3.06. The highest BCUT2D eigenvalue weighted by Gasteiger charge is 2.31. The van der Waals surface area contributed by atoms with Crippen molar-refractivity contribution < 1.29 is 0 Å². The summed E-state index contributed by atoms with van der Waals surface area (Å²) < 4.78 is 0. The molecule has 150 valence electrons. The van der Waals surface area contributed by atoms with Crippen LogP contribution in [-0.2, 0) is 0 Å². The van der Waals surface area contributed by atoms with Crippen molar-refractivity contribution in [3.05, 3.63) is 108 Å². The average molecular weight is 399 g/mol. The second kappa shape index (κ2) is 7.10. The van der Waals surface area contributed by atoms with Gasteiger partial charge < -0.3 is 0 Å². The molecule has 0 nitrogen and oxygen atoms in total. The summed E-state index contributed by atoms with van der Waals surface area (Å²) in [5.41, 5.74) is 9.80. The van der Waals surface area contributed by atoms with Gasteiger partial charge in [-0.05, 0) is 93.6 Å². The second-order valence-electron chi connectivity index (χ2n) is 9.05. The van der Waals surface area contributed by atoms with Crippen LogP contribution in [0.5, 0.6) is 0 Å². The van der Waals surface area contributed by atoms with Crippen LogP contribution in [0.15, 0.2) is 91.0 Å². The maximum Gasteiger partial charge on any atom is -0.00554 e. The van der Waals surface area contributed by atoms with Crippen molar-refractivity contribution in [2.45, 2.75) is 32.6 Å². The average Bonchev–Trinajstić information content (AvgIpc) is 3.64. The van der Waals surface area contributed by atoms with Crippen molar-refractivity contribution in [3.8, 4) is 22.3 Å². The first-order chi connectivity index (χ1) is 15.2. The van der Waals surface area contributed by atoms with Crippen LogP contribution in [0.3, 0.4) is 0 Å². The van der Waals surface area contributed by atoms with E-state index in [9.17, 15) is 0 Å². The third-order valence-electron chi connectivity index (χ3n) is 6.83. The Kier molecular flexibility index (Phi) is 4.21. The van der Waals surface area contributed by atoms with E-state index < -0.39 is 0 Å². The van der Waals surface area contributed by atoms with Crippen LogP contribution >= 0.6 is 0 Å². The van der Waals surface area contributed by atoms with Crippen LogP contribution < -0.4 is 0 Å². The molecule has 0 aromatic heterocycles. The Balaban J connectivity index is 1.79. The van der Waals surface area contributed by atoms with Crippen molar-refractivity contribution in [3.63, 3.8) is 0 Å². The topological polar surface area (TPSA) is 0 Å². The van der Waals surface area contributed by atoms with Crippen LogP contribution in [-0.4, -0.2) is 0 Å². The molecule has 0 aliphatic heterocycles. The molecule has 0 radical (unpaired) electrons. The minimum atomic E-state index is 0.647. The van der Waals surface area contributed by atoms with Crippen LogP contribution in [0.25, 0.3) is 43.8 Å². The first-order valence-electron chi connectivity index (χ1n) is 11.3. The lowest BCUT2D eigenvalue weighted by molar-refractivity contribution is 1.14. The highest BCUT2D eigenvalue weighted by molar-refractivity contribution is 6.10. The number of rotatable bonds is 3. The molecule has 0 spiro atoms. The molecule has 5 aromatic rings. The Bertz CT molecular complexity index is 1430. The number of hydrogen-bond acceptors (Lipinski definition) is 0. The van der Waals surface area contributed by atoms with Gasteiger partial charge in [0.05, 0.1) is 0 Å². The molecule has 5 aromatic carbocycles. The Morgan fingerprint density at radius 3 is 1.97 bits per heavy atom. The summed E-state index contributed by atoms with van der Waals surface area (Å²) >= 11 is 0. The summed E-state index contributed by atoms with van der Waals surface area (Å²) in [5, 5.41) is 5.37. The number of aryl methyl sites for hydroxylation is 2. The third-order valence-corrected chi connectivity index (χ3v) is 6.83. The molecule has 0 atom stereocenters. The summed E-state index contributed by atoms with van der Waals surface area (Å²) in [5.74, 6) is 0.647. The van der Waals surface area contributed by atoms with Crippen molar-refractivity contribution in [1.82, 2.24) is 0 Å². The highest BCUT2D eigenvalue weighted by atomic mass is 14.3. The summed E-state index contributed by atoms with van der Waals surface area (Å²) in [6.45, 7) is 4.43. The predicted octanol–water partition coefficient (Wildman–Crippen LogP) is 8.82. The fourth-order valence-electron chi connectivity index (χ4n) is 5.11. The van der Waals surface area contributed by atoms with Crippen molar-refractivity contribution in [1.29, 1.82) is 0 Å². The van der Waals surface area contributed by atoms with E-state index in [1.807, 2.05) is 0 Å². The molecule has 6 rings (SSSR count). The molecule has 0 amide bonds. The van der Waals surface area contributed by atoms with Crippen LogP contribution in [0, 0.1) is 13.8 Å². The van der Waals surface area contributed by atoms with Gasteiger partial charge in [-0.3, -0.25) is 0 Å². The Morgan fingerprint density at radius 2 is 1.26 bits per heavy atom. The molecule has 0 N–H and O–H groups in total. The minimum absolute atomic E-state index is 0.647. The fraction of sp³-hybridized carbons (Fsp3) is 0.161. The number of fused-ring (bicyclic) bond motifs is 2. The van der Waals surface area contributed by atoms with Crippen LogP contribution in [0.1, 0.15) is 35.4 Å². The maximum absolute atomic E-state index is 2.43. The van der Waals surface area contributed by atoms with Gasteiger partial charge in [-0.15, -0.1) is 0 Å². The Morgan fingerprint density at radius 1 is 0.613 bits per heavy atom. The molecular formula is C31H26. The number of hydrogen-bond donors (Lipinski definition) is 0. The van der Waals surface area contributed by atoms with Gasteiger partial charge in [0.25, 0.3) is 0 Å². The van der Waals surface area contributed by atoms with Crippen molar-refractivity contribution in [2.24, 2.45) is 0 Å². The van der Waals surface area contributed by atoms with E-state index in [-0.39, 0.29) is 0 Å². The van der Waals surface area contributed by atoms with E-state index in [2.05, 4.69) is 105 Å². The molecule has 0 saturated heterocycles. The van der Waals surface area contributed by atoms with Gasteiger partial charge in [-0.2, -0.15) is 0 Å². The first-order valence-corrected chi connectivity index (χ1v) is 11.3. The lowest BCUT2D eigenvalue weighted by Crippen LogP contribution is -1.97. The standard InChI is InChI=1S/C31H26/c1-20-11-14-23(15-12-20)28-19-25-8-4-6-10-27(25)31(30(28)24-17-18-24)29-21(2)13-16-22-7-3-5-9-26(22)29/h3-16,19,24H,17-18H2,1-2H3. The minimum Gasteiger partial charge on any atom is -0.0616 e. The van der Waals surface area contributed by atoms with E-state index >= 15 is 0 Å². The molecule has 0 bridgehead atoms. The van der Waals surface area contributed by atoms with E-state index in [0.717, 1.165) is 0 Å². The van der Waals surface area contributed by atoms with Gasteiger partial charge in [-0.25, -0.2) is 0 Å². The molecule has 31 heavy (non-hydrogen) atoms. The molecule has 0 heterocycles. The molecule has 1 saturated carbocycles. The van der Waals surface area contributed by atoms with Crippen molar-refractivity contribution >= 4 is 21.5 Å².